The number of phenols is 1. The van der Waals surface area contributed by atoms with Gasteiger partial charge in [-0.25, -0.2) is 0 Å². The highest BCUT2D eigenvalue weighted by atomic mass is 16.4. The minimum atomic E-state index is -0.940. The predicted molar refractivity (Wildman–Crippen MR) is 126 cm³/mol. The Morgan fingerprint density at radius 1 is 0.688 bits per heavy atom. The smallest absolute Gasteiger partial charge is 0.321 e. The van der Waals surface area contributed by atoms with Gasteiger partial charge in [0.15, 0.2) is 0 Å². The van der Waals surface area contributed by atoms with Crippen LogP contribution in [0.5, 0.6) is 5.75 Å². The third-order valence-electron chi connectivity index (χ3n) is 5.69. The van der Waals surface area contributed by atoms with E-state index < -0.39 is 17.6 Å². The number of carbonyl (C=O) groups is 1. The number of benzene rings is 4. The van der Waals surface area contributed by atoms with Crippen LogP contribution in [-0.4, -0.2) is 22.2 Å². The number of carboxylic acids is 1. The van der Waals surface area contributed by atoms with Crippen molar-refractivity contribution in [2.45, 2.75) is 18.0 Å². The fourth-order valence-corrected chi connectivity index (χ4v) is 4.14. The first kappa shape index (κ1) is 21.3. The fraction of sp³-hybridized carbons (Fsp3) is 0.107. The van der Waals surface area contributed by atoms with Gasteiger partial charge in [-0.3, -0.25) is 10.1 Å². The van der Waals surface area contributed by atoms with Gasteiger partial charge in [-0.2, -0.15) is 0 Å². The molecule has 0 saturated carbocycles. The lowest BCUT2D eigenvalue weighted by Gasteiger charge is -2.39. The van der Waals surface area contributed by atoms with Crippen LogP contribution in [0.15, 0.2) is 115 Å². The summed E-state index contributed by atoms with van der Waals surface area (Å²) in [4.78, 5) is 12.4. The molecule has 0 saturated heterocycles. The Kier molecular flexibility index (Phi) is 6.34. The zero-order chi connectivity index (χ0) is 22.4. The fourth-order valence-electron chi connectivity index (χ4n) is 4.14. The largest absolute Gasteiger partial charge is 0.508 e. The molecule has 4 aromatic rings. The number of aliphatic carboxylic acids is 1. The van der Waals surface area contributed by atoms with Crippen molar-refractivity contribution in [3.8, 4) is 5.75 Å². The van der Waals surface area contributed by atoms with Gasteiger partial charge in [-0.1, -0.05) is 103 Å². The molecule has 160 valence electrons. The topological polar surface area (TPSA) is 69.6 Å². The molecule has 0 amide bonds. The third-order valence-corrected chi connectivity index (χ3v) is 5.69. The molecular formula is C28H25NO3. The van der Waals surface area contributed by atoms with E-state index >= 15 is 0 Å². The van der Waals surface area contributed by atoms with Gasteiger partial charge in [0.1, 0.15) is 11.8 Å². The number of hydrogen-bond acceptors (Lipinski definition) is 3. The SMILES string of the molecule is O=C(O)[C@H](Cc1ccc(O)cc1)NC(c1ccccc1)(c1ccccc1)c1ccccc1. The summed E-state index contributed by atoms with van der Waals surface area (Å²) in [5.41, 5.74) is 2.81. The van der Waals surface area contributed by atoms with E-state index in [9.17, 15) is 15.0 Å². The second-order valence-corrected chi connectivity index (χ2v) is 7.75. The van der Waals surface area contributed by atoms with Gasteiger partial charge in [0.05, 0.1) is 5.54 Å². The van der Waals surface area contributed by atoms with Crippen LogP contribution in [0.1, 0.15) is 22.3 Å². The van der Waals surface area contributed by atoms with E-state index in [-0.39, 0.29) is 12.2 Å². The lowest BCUT2D eigenvalue weighted by molar-refractivity contribution is -0.139. The highest BCUT2D eigenvalue weighted by molar-refractivity contribution is 5.74. The van der Waals surface area contributed by atoms with Crippen molar-refractivity contribution in [2.75, 3.05) is 0 Å². The van der Waals surface area contributed by atoms with Crippen LogP contribution in [0, 0.1) is 0 Å². The molecule has 0 radical (unpaired) electrons. The van der Waals surface area contributed by atoms with E-state index in [0.29, 0.717) is 0 Å². The van der Waals surface area contributed by atoms with Gasteiger partial charge in [0, 0.05) is 0 Å². The average molecular weight is 424 g/mol. The Bertz CT molecular complexity index is 1050. The molecule has 0 fully saturated rings. The first-order valence-electron chi connectivity index (χ1n) is 10.5. The van der Waals surface area contributed by atoms with Crippen molar-refractivity contribution in [1.29, 1.82) is 0 Å². The molecule has 4 nitrogen and oxygen atoms in total. The molecule has 0 aliphatic carbocycles. The van der Waals surface area contributed by atoms with E-state index in [1.165, 1.54) is 0 Å². The minimum absolute atomic E-state index is 0.154. The lowest BCUT2D eigenvalue weighted by atomic mass is 9.76. The molecule has 3 N–H and O–H groups in total. The van der Waals surface area contributed by atoms with Crippen LogP contribution in [-0.2, 0) is 16.8 Å². The summed E-state index contributed by atoms with van der Waals surface area (Å²) in [5.74, 6) is -0.786. The maximum Gasteiger partial charge on any atom is 0.321 e. The highest BCUT2D eigenvalue weighted by Gasteiger charge is 2.39. The summed E-state index contributed by atoms with van der Waals surface area (Å²) in [7, 11) is 0. The van der Waals surface area contributed by atoms with Gasteiger partial charge < -0.3 is 10.2 Å². The standard InChI is InChI=1S/C28H25NO3/c30-25-18-16-21(17-19-25)20-26(27(31)32)29-28(22-10-4-1-5-11-22,23-12-6-2-7-13-23)24-14-8-3-9-15-24/h1-19,26,29-30H,20H2,(H,31,32)/t26-/m0/s1. The van der Waals surface area contributed by atoms with Crippen LogP contribution in [0.4, 0.5) is 0 Å². The molecule has 4 heteroatoms. The summed E-state index contributed by atoms with van der Waals surface area (Å²) >= 11 is 0. The zero-order valence-electron chi connectivity index (χ0n) is 17.6. The monoisotopic (exact) mass is 423 g/mol. The van der Waals surface area contributed by atoms with Crippen LogP contribution < -0.4 is 5.32 Å². The maximum absolute atomic E-state index is 12.4. The maximum atomic E-state index is 12.4. The molecule has 0 aliphatic rings. The second-order valence-electron chi connectivity index (χ2n) is 7.75. The number of rotatable bonds is 8. The summed E-state index contributed by atoms with van der Waals surface area (Å²) in [6, 6.07) is 35.6. The van der Waals surface area contributed by atoms with Crippen LogP contribution in [0.3, 0.4) is 0 Å². The summed E-state index contributed by atoms with van der Waals surface area (Å²) in [5, 5.41) is 23.3. The molecule has 32 heavy (non-hydrogen) atoms. The highest BCUT2D eigenvalue weighted by Crippen LogP contribution is 2.37. The number of phenolic OH excluding ortho intramolecular Hbond substituents is 1. The molecule has 0 heterocycles. The molecule has 0 spiro atoms. The quantitative estimate of drug-likeness (QED) is 0.350. The normalized spacial score (nSPS) is 12.2. The van der Waals surface area contributed by atoms with Crippen molar-refractivity contribution in [3.63, 3.8) is 0 Å². The van der Waals surface area contributed by atoms with Gasteiger partial charge in [0.25, 0.3) is 0 Å². The Labute approximate surface area is 187 Å². The Hall–Kier alpha value is -3.89. The van der Waals surface area contributed by atoms with E-state index in [1.54, 1.807) is 24.3 Å². The lowest BCUT2D eigenvalue weighted by Crippen LogP contribution is -2.53. The van der Waals surface area contributed by atoms with Gasteiger partial charge in [0.2, 0.25) is 0 Å². The molecule has 0 unspecified atom stereocenters. The number of aromatic hydroxyl groups is 1. The Morgan fingerprint density at radius 3 is 1.47 bits per heavy atom. The molecule has 0 aromatic heterocycles. The molecule has 4 aromatic carbocycles. The van der Waals surface area contributed by atoms with Gasteiger partial charge >= 0.3 is 5.97 Å². The molecule has 4 rings (SSSR count). The first-order valence-corrected chi connectivity index (χ1v) is 10.5. The first-order chi connectivity index (χ1) is 15.6. The summed E-state index contributed by atoms with van der Waals surface area (Å²) < 4.78 is 0. The van der Waals surface area contributed by atoms with Crippen molar-refractivity contribution >= 4 is 5.97 Å². The van der Waals surface area contributed by atoms with E-state index in [0.717, 1.165) is 22.3 Å². The van der Waals surface area contributed by atoms with Crippen LogP contribution >= 0.6 is 0 Å². The summed E-state index contributed by atoms with van der Waals surface area (Å²) in [6.07, 6.45) is 0.268. The minimum Gasteiger partial charge on any atom is -0.508 e. The van der Waals surface area contributed by atoms with Crippen molar-refractivity contribution in [3.05, 3.63) is 138 Å². The average Bonchev–Trinajstić information content (AvgIpc) is 2.84. The van der Waals surface area contributed by atoms with Crippen molar-refractivity contribution in [1.82, 2.24) is 5.32 Å². The van der Waals surface area contributed by atoms with E-state index in [4.69, 9.17) is 0 Å². The van der Waals surface area contributed by atoms with Crippen molar-refractivity contribution in [2.24, 2.45) is 0 Å². The van der Waals surface area contributed by atoms with Crippen LogP contribution in [0.2, 0.25) is 0 Å². The van der Waals surface area contributed by atoms with Crippen LogP contribution in [0.25, 0.3) is 0 Å². The third kappa shape index (κ3) is 4.41. The second kappa shape index (κ2) is 9.50. The Balaban J connectivity index is 1.88. The predicted octanol–water partition coefficient (Wildman–Crippen LogP) is 4.97. The molecule has 1 atom stereocenters. The Morgan fingerprint density at radius 2 is 1.09 bits per heavy atom. The molecule has 0 aliphatic heterocycles. The summed E-state index contributed by atoms with van der Waals surface area (Å²) in [6.45, 7) is 0. The van der Waals surface area contributed by atoms with Gasteiger partial charge in [-0.15, -0.1) is 0 Å². The van der Waals surface area contributed by atoms with E-state index in [2.05, 4.69) is 5.32 Å². The number of nitrogens with one attached hydrogen (secondary N) is 1. The number of hydrogen-bond donors (Lipinski definition) is 3. The zero-order valence-corrected chi connectivity index (χ0v) is 17.6. The van der Waals surface area contributed by atoms with Crippen molar-refractivity contribution < 1.29 is 15.0 Å². The molecule has 0 bridgehead atoms. The number of carboxylic acid groups (broad SMARTS) is 1. The molecular weight excluding hydrogens is 398 g/mol. The van der Waals surface area contributed by atoms with E-state index in [1.807, 2.05) is 91.0 Å². The van der Waals surface area contributed by atoms with Gasteiger partial charge in [-0.05, 0) is 40.8 Å².